The van der Waals surface area contributed by atoms with Crippen molar-refractivity contribution in [3.63, 3.8) is 0 Å². The highest BCUT2D eigenvalue weighted by Crippen LogP contribution is 2.22. The Balaban J connectivity index is 1.96. The number of piperazine rings is 1. The molecule has 1 aliphatic heterocycles. The fourth-order valence-corrected chi connectivity index (χ4v) is 4.51. The molecular weight excluding hydrogens is 348 g/mol. The molecule has 0 N–H and O–H groups in total. The minimum Gasteiger partial charge on any atom is -0.340 e. The molecule has 1 aromatic carbocycles. The van der Waals surface area contributed by atoms with E-state index in [0.717, 1.165) is 0 Å². The predicted octanol–water partition coefficient (Wildman–Crippen LogP) is 2.75. The Morgan fingerprint density at radius 3 is 2.25 bits per heavy atom. The summed E-state index contributed by atoms with van der Waals surface area (Å²) in [5.74, 6) is -0.0200. The summed E-state index contributed by atoms with van der Waals surface area (Å²) in [5, 5.41) is 0.458. The highest BCUT2D eigenvalue weighted by atomic mass is 35.5. The number of carbonyl (C=O) groups excluding carboxylic acids is 1. The van der Waals surface area contributed by atoms with Crippen molar-refractivity contribution in [1.82, 2.24) is 9.21 Å². The minimum absolute atomic E-state index is 0.0651. The monoisotopic (exact) mass is 372 g/mol. The smallest absolute Gasteiger partial charge is 0.223 e. The summed E-state index contributed by atoms with van der Waals surface area (Å²) in [4.78, 5) is 14.0. The molecule has 1 saturated heterocycles. The fourth-order valence-electron chi connectivity index (χ4n) is 2.68. The molecule has 0 unspecified atom stereocenters. The van der Waals surface area contributed by atoms with Gasteiger partial charge in [0.1, 0.15) is 0 Å². The standard InChI is InChI=1S/C17H25ClN2O3S/c1-17(2,3)12-16(21)19-8-10-20(11-9-19)24(22,23)13-14-6-4-5-7-15(14)18/h4-7H,8-13H2,1-3H3. The van der Waals surface area contributed by atoms with Gasteiger partial charge in [0.05, 0.1) is 5.75 Å². The van der Waals surface area contributed by atoms with Gasteiger partial charge in [0.25, 0.3) is 0 Å². The zero-order valence-electron chi connectivity index (χ0n) is 14.5. The van der Waals surface area contributed by atoms with Gasteiger partial charge in [0, 0.05) is 37.6 Å². The van der Waals surface area contributed by atoms with Crippen molar-refractivity contribution in [3.8, 4) is 0 Å². The third kappa shape index (κ3) is 5.19. The van der Waals surface area contributed by atoms with Gasteiger partial charge in [-0.3, -0.25) is 4.79 Å². The van der Waals surface area contributed by atoms with Crippen LogP contribution in [0.25, 0.3) is 0 Å². The molecule has 1 aliphatic rings. The van der Waals surface area contributed by atoms with Crippen LogP contribution in [0, 0.1) is 5.41 Å². The zero-order valence-corrected chi connectivity index (χ0v) is 16.0. The third-order valence-corrected chi connectivity index (χ3v) is 6.16. The number of hydrogen-bond acceptors (Lipinski definition) is 3. The average molecular weight is 373 g/mol. The summed E-state index contributed by atoms with van der Waals surface area (Å²) in [6.07, 6.45) is 0.472. The van der Waals surface area contributed by atoms with E-state index >= 15 is 0 Å². The molecule has 0 aliphatic carbocycles. The Labute approximate surface area is 149 Å². The van der Waals surface area contributed by atoms with Gasteiger partial charge in [-0.2, -0.15) is 4.31 Å². The Bertz CT molecular complexity index is 690. The van der Waals surface area contributed by atoms with Crippen molar-refractivity contribution >= 4 is 27.5 Å². The molecule has 1 fully saturated rings. The molecular formula is C17H25ClN2O3S. The molecule has 0 aromatic heterocycles. The number of sulfonamides is 1. The van der Waals surface area contributed by atoms with Crippen LogP contribution < -0.4 is 0 Å². The second-order valence-electron chi connectivity index (χ2n) is 7.36. The molecule has 7 heteroatoms. The molecule has 0 saturated carbocycles. The molecule has 5 nitrogen and oxygen atoms in total. The largest absolute Gasteiger partial charge is 0.340 e. The lowest BCUT2D eigenvalue weighted by molar-refractivity contribution is -0.134. The number of rotatable bonds is 4. The van der Waals surface area contributed by atoms with Crippen LogP contribution in [0.3, 0.4) is 0 Å². The molecule has 0 atom stereocenters. The molecule has 1 heterocycles. The van der Waals surface area contributed by atoms with E-state index in [0.29, 0.717) is 43.2 Å². The van der Waals surface area contributed by atoms with E-state index in [1.54, 1.807) is 29.2 Å². The van der Waals surface area contributed by atoms with Crippen molar-refractivity contribution in [2.75, 3.05) is 26.2 Å². The van der Waals surface area contributed by atoms with Crippen LogP contribution in [-0.4, -0.2) is 49.7 Å². The first-order valence-corrected chi connectivity index (χ1v) is 10.1. The van der Waals surface area contributed by atoms with Gasteiger partial charge in [-0.15, -0.1) is 0 Å². The molecule has 1 amide bonds. The first-order valence-electron chi connectivity index (χ1n) is 8.07. The van der Waals surface area contributed by atoms with Crippen LogP contribution in [0.2, 0.25) is 5.02 Å². The summed E-state index contributed by atoms with van der Waals surface area (Å²) in [5.41, 5.74) is 0.537. The average Bonchev–Trinajstić information content (AvgIpc) is 2.48. The maximum atomic E-state index is 12.6. The summed E-state index contributed by atoms with van der Waals surface area (Å²) < 4.78 is 26.6. The number of amides is 1. The van der Waals surface area contributed by atoms with Crippen molar-refractivity contribution in [2.24, 2.45) is 5.41 Å². The quantitative estimate of drug-likeness (QED) is 0.816. The third-order valence-electron chi connectivity index (χ3n) is 3.96. The zero-order chi connectivity index (χ0) is 18.0. The molecule has 0 bridgehead atoms. The van der Waals surface area contributed by atoms with Gasteiger partial charge in [-0.05, 0) is 17.0 Å². The number of hydrogen-bond donors (Lipinski definition) is 0. The predicted molar refractivity (Wildman–Crippen MR) is 96.3 cm³/mol. The topological polar surface area (TPSA) is 57.7 Å². The van der Waals surface area contributed by atoms with E-state index in [2.05, 4.69) is 0 Å². The van der Waals surface area contributed by atoms with Gasteiger partial charge in [0.2, 0.25) is 15.9 Å². The SMILES string of the molecule is CC(C)(C)CC(=O)N1CCN(S(=O)(=O)Cc2ccccc2Cl)CC1. The maximum absolute atomic E-state index is 12.6. The summed E-state index contributed by atoms with van der Waals surface area (Å²) in [6, 6.07) is 6.97. The molecule has 0 radical (unpaired) electrons. The van der Waals surface area contributed by atoms with Crippen LogP contribution in [0.5, 0.6) is 0 Å². The normalized spacial score (nSPS) is 17.1. The Morgan fingerprint density at radius 2 is 1.71 bits per heavy atom. The van der Waals surface area contributed by atoms with E-state index < -0.39 is 10.0 Å². The molecule has 134 valence electrons. The van der Waals surface area contributed by atoms with Crippen molar-refractivity contribution < 1.29 is 13.2 Å². The van der Waals surface area contributed by atoms with Gasteiger partial charge in [-0.1, -0.05) is 50.6 Å². The lowest BCUT2D eigenvalue weighted by atomic mass is 9.91. The lowest BCUT2D eigenvalue weighted by Crippen LogP contribution is -2.51. The molecule has 24 heavy (non-hydrogen) atoms. The number of nitrogens with zero attached hydrogens (tertiary/aromatic N) is 2. The maximum Gasteiger partial charge on any atom is 0.223 e. The van der Waals surface area contributed by atoms with Crippen LogP contribution in [0.1, 0.15) is 32.8 Å². The van der Waals surface area contributed by atoms with Crippen molar-refractivity contribution in [3.05, 3.63) is 34.9 Å². The number of halogens is 1. The molecule has 2 rings (SSSR count). The minimum atomic E-state index is -3.43. The number of benzene rings is 1. The number of carbonyl (C=O) groups is 1. The van der Waals surface area contributed by atoms with Gasteiger partial charge in [0.15, 0.2) is 0 Å². The Morgan fingerprint density at radius 1 is 1.12 bits per heavy atom. The van der Waals surface area contributed by atoms with Crippen LogP contribution in [0.15, 0.2) is 24.3 Å². The van der Waals surface area contributed by atoms with Gasteiger partial charge >= 0.3 is 0 Å². The van der Waals surface area contributed by atoms with Crippen LogP contribution in [0.4, 0.5) is 0 Å². The second kappa shape index (κ2) is 7.42. The van der Waals surface area contributed by atoms with Gasteiger partial charge < -0.3 is 4.90 Å². The first-order chi connectivity index (χ1) is 11.1. The van der Waals surface area contributed by atoms with Gasteiger partial charge in [-0.25, -0.2) is 8.42 Å². The lowest BCUT2D eigenvalue weighted by Gasteiger charge is -2.35. The Kier molecular flexibility index (Phi) is 5.94. The molecule has 1 aromatic rings. The highest BCUT2D eigenvalue weighted by Gasteiger charge is 2.30. The van der Waals surface area contributed by atoms with Crippen LogP contribution >= 0.6 is 11.6 Å². The van der Waals surface area contributed by atoms with E-state index in [1.807, 2.05) is 20.8 Å². The highest BCUT2D eigenvalue weighted by molar-refractivity contribution is 7.88. The molecule has 0 spiro atoms. The van der Waals surface area contributed by atoms with E-state index in [-0.39, 0.29) is 17.1 Å². The van der Waals surface area contributed by atoms with E-state index in [1.165, 1.54) is 4.31 Å². The van der Waals surface area contributed by atoms with E-state index in [9.17, 15) is 13.2 Å². The second-order valence-corrected chi connectivity index (χ2v) is 9.74. The van der Waals surface area contributed by atoms with Crippen molar-refractivity contribution in [2.45, 2.75) is 32.9 Å². The van der Waals surface area contributed by atoms with Crippen LogP contribution in [-0.2, 0) is 20.6 Å². The fraction of sp³-hybridized carbons (Fsp3) is 0.588. The van der Waals surface area contributed by atoms with E-state index in [4.69, 9.17) is 11.6 Å². The summed E-state index contributed by atoms with van der Waals surface area (Å²) in [6.45, 7) is 7.62. The van der Waals surface area contributed by atoms with Crippen molar-refractivity contribution in [1.29, 1.82) is 0 Å². The summed E-state index contributed by atoms with van der Waals surface area (Å²) in [7, 11) is -3.43. The Hall–Kier alpha value is -1.11. The summed E-state index contributed by atoms with van der Waals surface area (Å²) >= 11 is 6.06. The first kappa shape index (κ1) is 19.2.